The summed E-state index contributed by atoms with van der Waals surface area (Å²) >= 11 is 12.1. The topological polar surface area (TPSA) is 117 Å². The van der Waals surface area contributed by atoms with Gasteiger partial charge in [0.15, 0.2) is 6.61 Å². The highest BCUT2D eigenvalue weighted by molar-refractivity contribution is 7.92. The minimum absolute atomic E-state index is 0.192. The number of hydrogen-bond acceptors (Lipinski definition) is 6. The van der Waals surface area contributed by atoms with Crippen molar-refractivity contribution in [2.24, 2.45) is 5.10 Å². The molecule has 2 N–H and O–H groups in total. The van der Waals surface area contributed by atoms with Gasteiger partial charge in [-0.3, -0.25) is 13.9 Å². The smallest absolute Gasteiger partial charge is 0.262 e. The summed E-state index contributed by atoms with van der Waals surface area (Å²) in [6.45, 7) is -0.708. The van der Waals surface area contributed by atoms with Crippen molar-refractivity contribution in [2.75, 3.05) is 29.0 Å². The van der Waals surface area contributed by atoms with Crippen LogP contribution in [0.3, 0.4) is 0 Å². The van der Waals surface area contributed by atoms with Crippen LogP contribution in [0.4, 0.5) is 11.4 Å². The number of halogens is 2. The van der Waals surface area contributed by atoms with E-state index in [1.165, 1.54) is 18.3 Å². The third-order valence-corrected chi connectivity index (χ3v) is 6.39. The van der Waals surface area contributed by atoms with Crippen LogP contribution < -0.4 is 19.8 Å². The number of para-hydroxylation sites is 2. The van der Waals surface area contributed by atoms with Crippen LogP contribution in [0.25, 0.3) is 0 Å². The van der Waals surface area contributed by atoms with Gasteiger partial charge in [0.25, 0.3) is 11.8 Å². The molecule has 36 heavy (non-hydrogen) atoms. The number of ether oxygens (including phenoxy) is 1. The van der Waals surface area contributed by atoms with E-state index in [0.717, 1.165) is 10.6 Å². The lowest BCUT2D eigenvalue weighted by molar-refractivity contribution is -0.119. The first-order valence-corrected chi connectivity index (χ1v) is 13.1. The fraction of sp³-hybridized carbons (Fsp3) is 0.125. The van der Waals surface area contributed by atoms with Crippen molar-refractivity contribution in [2.45, 2.75) is 0 Å². The number of hydrazone groups is 1. The minimum atomic E-state index is -3.76. The molecule has 0 atom stereocenters. The fourth-order valence-corrected chi connectivity index (χ4v) is 4.27. The predicted molar refractivity (Wildman–Crippen MR) is 141 cm³/mol. The Balaban J connectivity index is 1.51. The number of sulfonamides is 1. The quantitative estimate of drug-likeness (QED) is 0.294. The van der Waals surface area contributed by atoms with Gasteiger partial charge in [-0.25, -0.2) is 13.8 Å². The lowest BCUT2D eigenvalue weighted by Crippen LogP contribution is -2.39. The molecule has 3 aromatic carbocycles. The summed E-state index contributed by atoms with van der Waals surface area (Å²) in [5, 5.41) is 7.14. The summed E-state index contributed by atoms with van der Waals surface area (Å²) in [6, 6.07) is 19.8. The second kappa shape index (κ2) is 12.4. The Kier molecular flexibility index (Phi) is 9.29. The van der Waals surface area contributed by atoms with Crippen LogP contribution in [0.15, 0.2) is 77.9 Å². The summed E-state index contributed by atoms with van der Waals surface area (Å²) in [5.74, 6) is -0.563. The molecule has 0 radical (unpaired) electrons. The van der Waals surface area contributed by atoms with Gasteiger partial charge in [-0.05, 0) is 54.1 Å². The van der Waals surface area contributed by atoms with E-state index in [9.17, 15) is 18.0 Å². The van der Waals surface area contributed by atoms with Crippen molar-refractivity contribution >= 4 is 62.6 Å². The number of nitrogens with one attached hydrogen (secondary N) is 2. The molecule has 0 bridgehead atoms. The van der Waals surface area contributed by atoms with Crippen LogP contribution in [-0.2, 0) is 19.6 Å². The van der Waals surface area contributed by atoms with Gasteiger partial charge in [0.2, 0.25) is 10.0 Å². The molecule has 0 saturated heterocycles. The monoisotopic (exact) mass is 548 g/mol. The second-order valence-corrected chi connectivity index (χ2v) is 10.1. The third-order valence-electron chi connectivity index (χ3n) is 4.61. The Morgan fingerprint density at radius 2 is 1.58 bits per heavy atom. The van der Waals surface area contributed by atoms with Gasteiger partial charge >= 0.3 is 0 Å². The number of amides is 2. The van der Waals surface area contributed by atoms with Gasteiger partial charge in [-0.1, -0.05) is 47.5 Å². The first-order valence-electron chi connectivity index (χ1n) is 10.4. The number of nitrogens with zero attached hydrogens (tertiary/aromatic N) is 2. The van der Waals surface area contributed by atoms with E-state index in [2.05, 4.69) is 15.8 Å². The lowest BCUT2D eigenvalue weighted by atomic mass is 10.2. The molecule has 0 spiro atoms. The van der Waals surface area contributed by atoms with Gasteiger partial charge in [-0.15, -0.1) is 0 Å². The Labute approximate surface area is 218 Å². The molecule has 0 fully saturated rings. The van der Waals surface area contributed by atoms with Crippen molar-refractivity contribution in [3.8, 4) is 5.75 Å². The third kappa shape index (κ3) is 7.98. The van der Waals surface area contributed by atoms with Gasteiger partial charge in [-0.2, -0.15) is 5.10 Å². The number of hydrogen-bond donors (Lipinski definition) is 2. The first kappa shape index (κ1) is 27.0. The van der Waals surface area contributed by atoms with Crippen molar-refractivity contribution < 1.29 is 22.7 Å². The van der Waals surface area contributed by atoms with E-state index in [1.54, 1.807) is 60.7 Å². The number of benzene rings is 3. The van der Waals surface area contributed by atoms with Crippen LogP contribution >= 0.6 is 23.2 Å². The van der Waals surface area contributed by atoms with Crippen LogP contribution in [0.5, 0.6) is 5.75 Å². The Morgan fingerprint density at radius 3 is 2.22 bits per heavy atom. The Hall–Kier alpha value is -3.60. The van der Waals surface area contributed by atoms with Crippen LogP contribution in [0.1, 0.15) is 5.56 Å². The van der Waals surface area contributed by atoms with Crippen molar-refractivity contribution in [1.82, 2.24) is 5.43 Å². The van der Waals surface area contributed by atoms with E-state index in [1.807, 2.05) is 0 Å². The molecule has 12 heteroatoms. The average Bonchev–Trinajstić information content (AvgIpc) is 2.83. The highest BCUT2D eigenvalue weighted by Crippen LogP contribution is 2.26. The molecular weight excluding hydrogens is 527 g/mol. The minimum Gasteiger partial charge on any atom is -0.484 e. The molecule has 0 aliphatic carbocycles. The standard InChI is InChI=1S/C24H22Cl2N4O5S/c1-36(33,34)30(22-9-5-3-7-20(22)26)15-23(31)29-27-14-17-10-12-18(13-11-17)35-16-24(32)28-21-8-4-2-6-19(21)25/h2-14H,15-16H2,1H3,(H,28,32)(H,29,31)/b27-14+. The summed E-state index contributed by atoms with van der Waals surface area (Å²) in [5.41, 5.74) is 3.61. The SMILES string of the molecule is CS(=O)(=O)N(CC(=O)N/N=C/c1ccc(OCC(=O)Nc2ccccc2Cl)cc1)c1ccccc1Cl. The zero-order valence-electron chi connectivity index (χ0n) is 19.0. The maximum Gasteiger partial charge on any atom is 0.262 e. The Bertz CT molecular complexity index is 1360. The van der Waals surface area contributed by atoms with Gasteiger partial charge in [0.1, 0.15) is 12.3 Å². The van der Waals surface area contributed by atoms with E-state index in [4.69, 9.17) is 27.9 Å². The Morgan fingerprint density at radius 1 is 0.944 bits per heavy atom. The van der Waals surface area contributed by atoms with Crippen molar-refractivity contribution in [3.63, 3.8) is 0 Å². The van der Waals surface area contributed by atoms with Crippen LogP contribution in [-0.4, -0.2) is 45.9 Å². The molecule has 9 nitrogen and oxygen atoms in total. The zero-order chi connectivity index (χ0) is 26.1. The van der Waals surface area contributed by atoms with Crippen LogP contribution in [0, 0.1) is 0 Å². The molecule has 0 aliphatic rings. The van der Waals surface area contributed by atoms with Gasteiger partial charge < -0.3 is 10.1 Å². The van der Waals surface area contributed by atoms with Crippen molar-refractivity contribution in [3.05, 3.63) is 88.4 Å². The van der Waals surface area contributed by atoms with E-state index in [-0.39, 0.29) is 23.2 Å². The molecule has 3 rings (SSSR count). The lowest BCUT2D eigenvalue weighted by Gasteiger charge is -2.22. The van der Waals surface area contributed by atoms with Gasteiger partial charge in [0, 0.05) is 0 Å². The van der Waals surface area contributed by atoms with Gasteiger partial charge in [0.05, 0.1) is 33.9 Å². The summed E-state index contributed by atoms with van der Waals surface area (Å²) < 4.78 is 30.7. The first-order chi connectivity index (χ1) is 17.1. The van der Waals surface area contributed by atoms with E-state index in [0.29, 0.717) is 22.0 Å². The summed E-state index contributed by atoms with van der Waals surface area (Å²) in [6.07, 6.45) is 2.36. The number of carbonyl (C=O) groups excluding carboxylic acids is 2. The number of rotatable bonds is 10. The summed E-state index contributed by atoms with van der Waals surface area (Å²) in [4.78, 5) is 24.3. The normalized spacial score (nSPS) is 11.2. The molecule has 0 heterocycles. The highest BCUT2D eigenvalue weighted by atomic mass is 35.5. The maximum absolute atomic E-state index is 12.3. The molecule has 3 aromatic rings. The van der Waals surface area contributed by atoms with Crippen molar-refractivity contribution in [1.29, 1.82) is 0 Å². The van der Waals surface area contributed by atoms with E-state index >= 15 is 0 Å². The largest absolute Gasteiger partial charge is 0.484 e. The van der Waals surface area contributed by atoms with Crippen LogP contribution in [0.2, 0.25) is 10.0 Å². The molecule has 0 aliphatic heterocycles. The molecular formula is C24H22Cl2N4O5S. The molecule has 188 valence electrons. The number of carbonyl (C=O) groups is 2. The highest BCUT2D eigenvalue weighted by Gasteiger charge is 2.22. The second-order valence-electron chi connectivity index (χ2n) is 7.40. The molecule has 2 amide bonds. The predicted octanol–water partition coefficient (Wildman–Crippen LogP) is 3.93. The average molecular weight is 549 g/mol. The molecule has 0 saturated carbocycles. The van der Waals surface area contributed by atoms with E-state index < -0.39 is 22.5 Å². The summed E-state index contributed by atoms with van der Waals surface area (Å²) in [7, 11) is -3.76. The molecule has 0 aromatic heterocycles. The molecule has 0 unspecified atom stereocenters. The fourth-order valence-electron chi connectivity index (χ4n) is 2.93. The maximum atomic E-state index is 12.3. The zero-order valence-corrected chi connectivity index (χ0v) is 21.3. The number of anilines is 2.